The van der Waals surface area contributed by atoms with Crippen LogP contribution in [-0.4, -0.2) is 0 Å². The second-order valence-corrected chi connectivity index (χ2v) is 13.0. The smallest absolute Gasteiger partial charge is 0.0198 e. The van der Waals surface area contributed by atoms with E-state index in [1.54, 1.807) is 19.3 Å². The first kappa shape index (κ1) is 18.7. The molecule has 5 rings (SSSR count). The van der Waals surface area contributed by atoms with Crippen molar-refractivity contribution in [2.45, 2.75) is 99.3 Å². The van der Waals surface area contributed by atoms with Crippen LogP contribution < -0.4 is 0 Å². The summed E-state index contributed by atoms with van der Waals surface area (Å²) >= 11 is 0. The highest BCUT2D eigenvalue weighted by atomic mass is 14.9. The van der Waals surface area contributed by atoms with Crippen molar-refractivity contribution in [1.29, 1.82) is 0 Å². The Balaban J connectivity index is 1.52. The zero-order chi connectivity index (χ0) is 19.5. The van der Waals surface area contributed by atoms with Crippen LogP contribution in [0.3, 0.4) is 0 Å². The molecule has 0 bridgehead atoms. The third-order valence-corrected chi connectivity index (χ3v) is 12.7. The third-order valence-electron chi connectivity index (χ3n) is 12.7. The van der Waals surface area contributed by atoms with Crippen molar-refractivity contribution in [2.75, 3.05) is 0 Å². The number of fused-ring (bicyclic) bond motifs is 2. The minimum Gasteiger partial charge on any atom is -0.103 e. The molecular formula is C27H44. The van der Waals surface area contributed by atoms with Crippen LogP contribution in [0.1, 0.15) is 99.3 Å². The summed E-state index contributed by atoms with van der Waals surface area (Å²) in [6.07, 6.45) is 15.9. The maximum absolute atomic E-state index is 4.18. The third kappa shape index (κ3) is 1.88. The Morgan fingerprint density at radius 1 is 0.815 bits per heavy atom. The standard InChI is InChI=1S/C27H44/c1-8-18(2)20-12-13-25(7)22-10-9-21-23(4,5)19(3)11-14-26(21)17-27(22,26)16-15-24(20,25)6/h8,18-22H,1,9-17H2,2-7H3/t18-,19+,20-,21+,22+,24-,25+,26-,27+/m1/s1. The molecule has 0 N–H and O–H groups in total. The van der Waals surface area contributed by atoms with Crippen molar-refractivity contribution in [3.05, 3.63) is 12.7 Å². The molecule has 0 nitrogen and oxygen atoms in total. The average Bonchev–Trinajstić information content (AvgIpc) is 3.21. The molecule has 0 aromatic carbocycles. The van der Waals surface area contributed by atoms with E-state index in [4.69, 9.17) is 0 Å². The zero-order valence-electron chi connectivity index (χ0n) is 19.0. The van der Waals surface area contributed by atoms with E-state index in [-0.39, 0.29) is 0 Å². The molecule has 0 heteroatoms. The van der Waals surface area contributed by atoms with Crippen LogP contribution in [0.15, 0.2) is 12.7 Å². The minimum absolute atomic E-state index is 0.546. The van der Waals surface area contributed by atoms with Crippen LogP contribution in [0.5, 0.6) is 0 Å². The van der Waals surface area contributed by atoms with Gasteiger partial charge in [0.25, 0.3) is 0 Å². The molecule has 0 aliphatic heterocycles. The molecule has 5 aliphatic carbocycles. The van der Waals surface area contributed by atoms with Crippen LogP contribution in [0.4, 0.5) is 0 Å². The summed E-state index contributed by atoms with van der Waals surface area (Å²) in [5.41, 5.74) is 3.15. The zero-order valence-corrected chi connectivity index (χ0v) is 19.0. The van der Waals surface area contributed by atoms with Crippen molar-refractivity contribution in [1.82, 2.24) is 0 Å². The Kier molecular flexibility index (Phi) is 3.65. The van der Waals surface area contributed by atoms with E-state index in [1.165, 1.54) is 38.5 Å². The van der Waals surface area contributed by atoms with Crippen LogP contribution in [0.2, 0.25) is 0 Å². The summed E-state index contributed by atoms with van der Waals surface area (Å²) in [5, 5.41) is 0. The molecule has 9 atom stereocenters. The number of hydrogen-bond acceptors (Lipinski definition) is 0. The fraction of sp³-hybridized carbons (Fsp3) is 0.926. The van der Waals surface area contributed by atoms with Gasteiger partial charge < -0.3 is 0 Å². The molecular weight excluding hydrogens is 324 g/mol. The van der Waals surface area contributed by atoms with Gasteiger partial charge >= 0.3 is 0 Å². The summed E-state index contributed by atoms with van der Waals surface area (Å²) in [6, 6.07) is 0. The summed E-state index contributed by atoms with van der Waals surface area (Å²) in [4.78, 5) is 0. The largest absolute Gasteiger partial charge is 0.103 e. The number of hydrogen-bond donors (Lipinski definition) is 0. The lowest BCUT2D eigenvalue weighted by atomic mass is 9.41. The van der Waals surface area contributed by atoms with E-state index >= 15 is 0 Å². The second kappa shape index (κ2) is 5.26. The normalized spacial score (nSPS) is 59.0. The number of rotatable bonds is 2. The monoisotopic (exact) mass is 368 g/mol. The van der Waals surface area contributed by atoms with Gasteiger partial charge in [0.1, 0.15) is 0 Å². The van der Waals surface area contributed by atoms with Gasteiger partial charge in [0.2, 0.25) is 0 Å². The van der Waals surface area contributed by atoms with Gasteiger partial charge in [-0.2, -0.15) is 0 Å². The summed E-state index contributed by atoms with van der Waals surface area (Å²) < 4.78 is 0. The van der Waals surface area contributed by atoms with Gasteiger partial charge in [0.05, 0.1) is 0 Å². The quantitative estimate of drug-likeness (QED) is 0.435. The Morgan fingerprint density at radius 3 is 2.19 bits per heavy atom. The molecule has 0 aromatic heterocycles. The maximum Gasteiger partial charge on any atom is -0.0198 e. The van der Waals surface area contributed by atoms with Gasteiger partial charge in [-0.1, -0.05) is 47.6 Å². The Bertz CT molecular complexity index is 659. The van der Waals surface area contributed by atoms with Crippen molar-refractivity contribution in [3.63, 3.8) is 0 Å². The van der Waals surface area contributed by atoms with Crippen molar-refractivity contribution in [3.8, 4) is 0 Å². The van der Waals surface area contributed by atoms with Gasteiger partial charge in [-0.3, -0.25) is 0 Å². The molecule has 5 saturated carbocycles. The van der Waals surface area contributed by atoms with E-state index in [0.29, 0.717) is 22.2 Å². The summed E-state index contributed by atoms with van der Waals surface area (Å²) in [7, 11) is 0. The van der Waals surface area contributed by atoms with Gasteiger partial charge in [-0.25, -0.2) is 0 Å². The molecule has 27 heavy (non-hydrogen) atoms. The first-order valence-corrected chi connectivity index (χ1v) is 12.2. The molecule has 0 radical (unpaired) electrons. The van der Waals surface area contributed by atoms with Crippen LogP contribution in [-0.2, 0) is 0 Å². The van der Waals surface area contributed by atoms with Gasteiger partial charge in [-0.15, -0.1) is 6.58 Å². The van der Waals surface area contributed by atoms with Crippen molar-refractivity contribution in [2.24, 2.45) is 56.7 Å². The Morgan fingerprint density at radius 2 is 1.48 bits per heavy atom. The first-order valence-electron chi connectivity index (χ1n) is 12.2. The fourth-order valence-electron chi connectivity index (χ4n) is 10.6. The Hall–Kier alpha value is -0.260. The fourth-order valence-corrected chi connectivity index (χ4v) is 10.6. The molecule has 0 amide bonds. The van der Waals surface area contributed by atoms with E-state index in [9.17, 15) is 0 Å². The highest BCUT2D eigenvalue weighted by Gasteiger charge is 2.81. The molecule has 0 unspecified atom stereocenters. The lowest BCUT2D eigenvalue weighted by molar-refractivity contribution is -0.148. The number of allylic oxidation sites excluding steroid dienone is 1. The van der Waals surface area contributed by atoms with Gasteiger partial charge in [-0.05, 0) is 114 Å². The molecule has 5 aliphatic rings. The second-order valence-electron chi connectivity index (χ2n) is 13.0. The summed E-state index contributed by atoms with van der Waals surface area (Å²) in [5.74, 6) is 4.47. The lowest BCUT2D eigenvalue weighted by Gasteiger charge is -2.63. The summed E-state index contributed by atoms with van der Waals surface area (Å²) in [6.45, 7) is 19.9. The molecule has 152 valence electrons. The van der Waals surface area contributed by atoms with E-state index in [1.807, 2.05) is 0 Å². The van der Waals surface area contributed by atoms with Crippen LogP contribution >= 0.6 is 0 Å². The molecule has 2 spiro atoms. The van der Waals surface area contributed by atoms with Gasteiger partial charge in [0, 0.05) is 0 Å². The lowest BCUT2D eigenvalue weighted by Crippen LogP contribution is -2.56. The van der Waals surface area contributed by atoms with Crippen LogP contribution in [0.25, 0.3) is 0 Å². The Labute approximate surface area is 169 Å². The van der Waals surface area contributed by atoms with E-state index in [2.05, 4.69) is 54.2 Å². The maximum atomic E-state index is 4.18. The minimum atomic E-state index is 0.546. The predicted octanol–water partition coefficient (Wildman–Crippen LogP) is 7.88. The molecule has 0 heterocycles. The predicted molar refractivity (Wildman–Crippen MR) is 115 cm³/mol. The topological polar surface area (TPSA) is 0 Å². The molecule has 5 fully saturated rings. The molecule has 0 saturated heterocycles. The van der Waals surface area contributed by atoms with Crippen molar-refractivity contribution >= 4 is 0 Å². The highest BCUT2D eigenvalue weighted by molar-refractivity contribution is 5.30. The van der Waals surface area contributed by atoms with E-state index in [0.717, 1.165) is 34.5 Å². The average molecular weight is 369 g/mol. The van der Waals surface area contributed by atoms with Crippen molar-refractivity contribution < 1.29 is 0 Å². The SMILES string of the molecule is C=C[C@@H](C)[C@H]1CC[C@@]2(C)[C@@H]3CC[C@H]4C(C)(C)[C@@H](C)CC[C@@]45C[C@@]35CC[C@]12C. The van der Waals surface area contributed by atoms with E-state index < -0.39 is 0 Å². The first-order chi connectivity index (χ1) is 12.6. The molecule has 0 aromatic rings. The van der Waals surface area contributed by atoms with Gasteiger partial charge in [0.15, 0.2) is 0 Å². The van der Waals surface area contributed by atoms with Crippen LogP contribution in [0, 0.1) is 56.7 Å². The highest BCUT2D eigenvalue weighted by Crippen LogP contribution is 2.89.